The molecule has 2 unspecified atom stereocenters. The normalized spacial score (nSPS) is 19.3. The maximum Gasteiger partial charge on any atom is 0.279 e. The lowest BCUT2D eigenvalue weighted by Crippen LogP contribution is -2.49. The zero-order chi connectivity index (χ0) is 24.5. The summed E-state index contributed by atoms with van der Waals surface area (Å²) in [7, 11) is 2.98. The van der Waals surface area contributed by atoms with E-state index >= 15 is 0 Å². The topological polar surface area (TPSA) is 108 Å². The third-order valence-corrected chi connectivity index (χ3v) is 6.96. The second kappa shape index (κ2) is 9.53. The molecule has 10 heteroatoms. The Balaban J connectivity index is 1.21. The Morgan fingerprint density at radius 1 is 1.11 bits per heavy atom. The van der Waals surface area contributed by atoms with Crippen LogP contribution in [0, 0.1) is 5.92 Å². The number of likely N-dealkylation sites (tertiary alicyclic amines) is 1. The fourth-order valence-corrected chi connectivity index (χ4v) is 5.42. The highest BCUT2D eigenvalue weighted by Gasteiger charge is 2.34. The summed E-state index contributed by atoms with van der Waals surface area (Å²) < 4.78 is 13.7. The van der Waals surface area contributed by atoms with Gasteiger partial charge in [-0.25, -0.2) is 4.68 Å². The molecule has 1 aromatic carbocycles. The van der Waals surface area contributed by atoms with Gasteiger partial charge < -0.3 is 24.3 Å². The first-order valence-corrected chi connectivity index (χ1v) is 11.8. The lowest BCUT2D eigenvalue weighted by molar-refractivity contribution is -0.122. The van der Waals surface area contributed by atoms with Crippen LogP contribution in [0.15, 0.2) is 46.1 Å². The van der Waals surface area contributed by atoms with Crippen molar-refractivity contribution in [2.75, 3.05) is 40.4 Å². The van der Waals surface area contributed by atoms with Crippen molar-refractivity contribution in [3.63, 3.8) is 0 Å². The van der Waals surface area contributed by atoms with Crippen LogP contribution in [0.4, 0.5) is 0 Å². The van der Waals surface area contributed by atoms with E-state index in [2.05, 4.69) is 15.3 Å². The molecule has 1 fully saturated rings. The molecule has 0 saturated carbocycles. The molecule has 3 aromatic rings. The van der Waals surface area contributed by atoms with Crippen molar-refractivity contribution < 1.29 is 14.3 Å². The van der Waals surface area contributed by atoms with E-state index in [1.54, 1.807) is 24.4 Å². The van der Waals surface area contributed by atoms with Crippen LogP contribution in [-0.2, 0) is 17.9 Å². The average Bonchev–Trinajstić information content (AvgIpc) is 2.85. The van der Waals surface area contributed by atoms with Crippen LogP contribution in [-0.4, -0.2) is 65.6 Å². The first-order chi connectivity index (χ1) is 17.0. The number of amides is 1. The van der Waals surface area contributed by atoms with Gasteiger partial charge in [-0.05, 0) is 30.5 Å². The molecular formula is C25H29N5O5. The van der Waals surface area contributed by atoms with Crippen LogP contribution in [0.5, 0.6) is 11.5 Å². The minimum absolute atomic E-state index is 0.0755. The molecule has 0 aliphatic carbocycles. The molecule has 10 nitrogen and oxygen atoms in total. The van der Waals surface area contributed by atoms with Crippen LogP contribution < -0.4 is 25.9 Å². The second-order valence-electron chi connectivity index (χ2n) is 9.18. The highest BCUT2D eigenvalue weighted by molar-refractivity contribution is 5.89. The first kappa shape index (κ1) is 23.1. The zero-order valence-electron chi connectivity index (χ0n) is 19.9. The highest BCUT2D eigenvalue weighted by atomic mass is 16.5. The molecule has 35 heavy (non-hydrogen) atoms. The van der Waals surface area contributed by atoms with Crippen molar-refractivity contribution in [1.82, 2.24) is 24.6 Å². The molecule has 184 valence electrons. The molecule has 2 bridgehead atoms. The van der Waals surface area contributed by atoms with E-state index in [0.29, 0.717) is 47.2 Å². The van der Waals surface area contributed by atoms with Gasteiger partial charge >= 0.3 is 0 Å². The number of benzene rings is 1. The van der Waals surface area contributed by atoms with Gasteiger partial charge in [-0.2, -0.15) is 5.10 Å². The number of nitrogens with zero attached hydrogens (tertiary/aromatic N) is 4. The fraction of sp³-hybridized carbons (Fsp3) is 0.440. The third kappa shape index (κ3) is 4.41. The Morgan fingerprint density at radius 3 is 2.77 bits per heavy atom. The number of hydrogen-bond donors (Lipinski definition) is 1. The van der Waals surface area contributed by atoms with Crippen LogP contribution in [0.3, 0.4) is 0 Å². The van der Waals surface area contributed by atoms with E-state index in [0.717, 1.165) is 36.4 Å². The minimum atomic E-state index is -0.411. The number of carbonyl (C=O) groups excluding carboxylic acids is 1. The fourth-order valence-electron chi connectivity index (χ4n) is 5.42. The van der Waals surface area contributed by atoms with Crippen LogP contribution in [0.2, 0.25) is 0 Å². The molecule has 1 N–H and O–H groups in total. The van der Waals surface area contributed by atoms with Gasteiger partial charge in [0.15, 0.2) is 11.5 Å². The van der Waals surface area contributed by atoms with Gasteiger partial charge in [0, 0.05) is 55.8 Å². The minimum Gasteiger partial charge on any atom is -0.493 e. The van der Waals surface area contributed by atoms with Gasteiger partial charge in [0.05, 0.1) is 25.8 Å². The van der Waals surface area contributed by atoms with Crippen LogP contribution >= 0.6 is 0 Å². The predicted octanol–water partition coefficient (Wildman–Crippen LogP) is 0.811. The molecule has 4 heterocycles. The summed E-state index contributed by atoms with van der Waals surface area (Å²) in [6.07, 6.45) is 2.64. The Labute approximate surface area is 202 Å². The van der Waals surface area contributed by atoms with Crippen molar-refractivity contribution in [3.8, 4) is 11.5 Å². The molecule has 2 aromatic heterocycles. The van der Waals surface area contributed by atoms with Crippen LogP contribution in [0.1, 0.15) is 18.0 Å². The summed E-state index contributed by atoms with van der Waals surface area (Å²) >= 11 is 0. The SMILES string of the molecule is COc1ccc2cnn(CC(=O)NCCN3CC4CC(C3)c3cccc(=O)n3C4)c(=O)c2c1OC. The standard InChI is InChI=1S/C25H29N5O5/c1-34-20-7-6-17-11-27-30(25(33)23(17)24(20)35-2)15-21(31)26-8-9-28-12-16-10-18(14-28)19-4-3-5-22(32)29(19)13-16/h3-7,11,16,18H,8-10,12-15H2,1-2H3,(H,26,31). The molecule has 2 aliphatic heterocycles. The Hall–Kier alpha value is -3.66. The summed E-state index contributed by atoms with van der Waals surface area (Å²) in [5.74, 6) is 1.25. The molecule has 2 atom stereocenters. The number of hydrogen-bond acceptors (Lipinski definition) is 7. The summed E-state index contributed by atoms with van der Waals surface area (Å²) in [6, 6.07) is 8.96. The second-order valence-corrected chi connectivity index (χ2v) is 9.18. The van der Waals surface area contributed by atoms with Gasteiger partial charge in [-0.3, -0.25) is 14.4 Å². The van der Waals surface area contributed by atoms with Crippen molar-refractivity contribution in [2.24, 2.45) is 5.92 Å². The predicted molar refractivity (Wildman–Crippen MR) is 130 cm³/mol. The maximum atomic E-state index is 13.0. The number of rotatable bonds is 7. The molecule has 5 rings (SSSR count). The van der Waals surface area contributed by atoms with Crippen molar-refractivity contribution in [2.45, 2.75) is 25.4 Å². The average molecular weight is 480 g/mol. The zero-order valence-corrected chi connectivity index (χ0v) is 19.9. The number of pyridine rings is 1. The summed E-state index contributed by atoms with van der Waals surface area (Å²) in [6.45, 7) is 3.51. The van der Waals surface area contributed by atoms with E-state index in [9.17, 15) is 14.4 Å². The van der Waals surface area contributed by atoms with Gasteiger partial charge in [0.25, 0.3) is 11.1 Å². The quantitative estimate of drug-likeness (QED) is 0.534. The number of nitrogens with one attached hydrogen (secondary N) is 1. The van der Waals surface area contributed by atoms with Crippen molar-refractivity contribution >= 4 is 16.7 Å². The smallest absolute Gasteiger partial charge is 0.279 e. The van der Waals surface area contributed by atoms with E-state index in [4.69, 9.17) is 9.47 Å². The Kier molecular flexibility index (Phi) is 6.29. The molecule has 0 spiro atoms. The molecule has 2 aliphatic rings. The third-order valence-electron chi connectivity index (χ3n) is 6.96. The molecule has 1 amide bonds. The summed E-state index contributed by atoms with van der Waals surface area (Å²) in [5.41, 5.74) is 0.772. The maximum absolute atomic E-state index is 13.0. The lowest BCUT2D eigenvalue weighted by atomic mass is 9.83. The van der Waals surface area contributed by atoms with Crippen molar-refractivity contribution in [3.05, 3.63) is 62.9 Å². The lowest BCUT2D eigenvalue weighted by Gasteiger charge is -2.42. The Bertz CT molecular complexity index is 1380. The number of ether oxygens (including phenoxy) is 2. The van der Waals surface area contributed by atoms with E-state index < -0.39 is 5.56 Å². The highest BCUT2D eigenvalue weighted by Crippen LogP contribution is 2.35. The number of fused-ring (bicyclic) bond motifs is 5. The van der Waals surface area contributed by atoms with Gasteiger partial charge in [-0.15, -0.1) is 0 Å². The van der Waals surface area contributed by atoms with Gasteiger partial charge in [0.2, 0.25) is 5.91 Å². The molecule has 0 radical (unpaired) electrons. The van der Waals surface area contributed by atoms with Gasteiger partial charge in [-0.1, -0.05) is 6.07 Å². The molecular weight excluding hydrogens is 450 g/mol. The number of carbonyl (C=O) groups is 1. The first-order valence-electron chi connectivity index (χ1n) is 11.8. The largest absolute Gasteiger partial charge is 0.493 e. The monoisotopic (exact) mass is 479 g/mol. The number of piperidine rings is 1. The van der Waals surface area contributed by atoms with Crippen molar-refractivity contribution in [1.29, 1.82) is 0 Å². The number of aromatic nitrogens is 3. The Morgan fingerprint density at radius 2 is 1.97 bits per heavy atom. The summed E-state index contributed by atoms with van der Waals surface area (Å²) in [5, 5.41) is 8.00. The van der Waals surface area contributed by atoms with E-state index in [1.165, 1.54) is 14.2 Å². The van der Waals surface area contributed by atoms with Gasteiger partial charge in [0.1, 0.15) is 6.54 Å². The molecule has 1 saturated heterocycles. The summed E-state index contributed by atoms with van der Waals surface area (Å²) in [4.78, 5) is 40.2. The number of methoxy groups -OCH3 is 2. The van der Waals surface area contributed by atoms with E-state index in [-0.39, 0.29) is 18.0 Å². The van der Waals surface area contributed by atoms with E-state index in [1.807, 2.05) is 16.7 Å². The van der Waals surface area contributed by atoms with Crippen LogP contribution in [0.25, 0.3) is 10.8 Å².